The summed E-state index contributed by atoms with van der Waals surface area (Å²) in [4.78, 5) is 13.4. The van der Waals surface area contributed by atoms with Gasteiger partial charge in [-0.25, -0.2) is 0 Å². The van der Waals surface area contributed by atoms with Crippen LogP contribution in [-0.4, -0.2) is 36.2 Å². The van der Waals surface area contributed by atoms with Crippen LogP contribution in [0.25, 0.3) is 10.8 Å². The van der Waals surface area contributed by atoms with E-state index in [-0.39, 0.29) is 5.92 Å². The molecular weight excluding hydrogens is 278 g/mol. The van der Waals surface area contributed by atoms with Crippen molar-refractivity contribution in [3.63, 3.8) is 0 Å². The summed E-state index contributed by atoms with van der Waals surface area (Å²) in [5.74, 6) is 0.0388. The largest absolute Gasteiger partial charge is 0.497 e. The number of carbonyl (C=O) groups is 1. The minimum Gasteiger partial charge on any atom is -0.497 e. The van der Waals surface area contributed by atoms with Gasteiger partial charge in [-0.15, -0.1) is 0 Å². The average molecular weight is 299 g/mol. The molecule has 0 aliphatic carbocycles. The van der Waals surface area contributed by atoms with Crippen molar-refractivity contribution in [1.82, 2.24) is 4.90 Å². The third-order valence-corrected chi connectivity index (χ3v) is 4.51. The van der Waals surface area contributed by atoms with Gasteiger partial charge < -0.3 is 9.84 Å². The second-order valence-electron chi connectivity index (χ2n) is 5.89. The van der Waals surface area contributed by atoms with Gasteiger partial charge in [-0.3, -0.25) is 9.69 Å². The lowest BCUT2D eigenvalue weighted by molar-refractivity contribution is -0.143. The van der Waals surface area contributed by atoms with Gasteiger partial charge in [0.05, 0.1) is 13.0 Å². The highest BCUT2D eigenvalue weighted by molar-refractivity contribution is 5.87. The number of carboxylic acid groups (broad SMARTS) is 1. The molecule has 3 rings (SSSR count). The van der Waals surface area contributed by atoms with Crippen LogP contribution < -0.4 is 4.74 Å². The first-order valence-electron chi connectivity index (χ1n) is 7.68. The smallest absolute Gasteiger partial charge is 0.306 e. The molecule has 1 fully saturated rings. The van der Waals surface area contributed by atoms with Gasteiger partial charge in [-0.1, -0.05) is 24.3 Å². The maximum Gasteiger partial charge on any atom is 0.306 e. The number of likely N-dealkylation sites (tertiary alicyclic amines) is 1. The number of benzene rings is 2. The van der Waals surface area contributed by atoms with Crippen LogP contribution in [0.15, 0.2) is 36.4 Å². The molecule has 1 N–H and O–H groups in total. The molecule has 0 radical (unpaired) electrons. The topological polar surface area (TPSA) is 49.8 Å². The van der Waals surface area contributed by atoms with Crippen molar-refractivity contribution in [3.8, 4) is 5.75 Å². The fourth-order valence-electron chi connectivity index (χ4n) is 3.17. The van der Waals surface area contributed by atoms with Crippen LogP contribution in [0.2, 0.25) is 0 Å². The van der Waals surface area contributed by atoms with E-state index in [9.17, 15) is 4.79 Å². The van der Waals surface area contributed by atoms with Gasteiger partial charge in [0.15, 0.2) is 0 Å². The molecule has 4 heteroatoms. The summed E-state index contributed by atoms with van der Waals surface area (Å²) in [7, 11) is 1.68. The van der Waals surface area contributed by atoms with Crippen LogP contribution in [0.4, 0.5) is 0 Å². The Balaban J connectivity index is 1.76. The van der Waals surface area contributed by atoms with Gasteiger partial charge in [-0.05, 0) is 54.4 Å². The Bertz CT molecular complexity index is 675. The molecular formula is C18H21NO3. The third-order valence-electron chi connectivity index (χ3n) is 4.51. The van der Waals surface area contributed by atoms with E-state index >= 15 is 0 Å². The number of hydrogen-bond acceptors (Lipinski definition) is 3. The third kappa shape index (κ3) is 3.07. The Kier molecular flexibility index (Phi) is 4.29. The molecule has 0 unspecified atom stereocenters. The van der Waals surface area contributed by atoms with E-state index in [0.29, 0.717) is 0 Å². The normalized spacial score (nSPS) is 16.8. The van der Waals surface area contributed by atoms with Crippen LogP contribution in [0, 0.1) is 5.92 Å². The molecule has 0 aromatic heterocycles. The Morgan fingerprint density at radius 1 is 1.27 bits per heavy atom. The zero-order valence-corrected chi connectivity index (χ0v) is 12.8. The van der Waals surface area contributed by atoms with Crippen LogP contribution in [-0.2, 0) is 11.3 Å². The van der Waals surface area contributed by atoms with E-state index in [2.05, 4.69) is 35.2 Å². The number of hydrogen-bond donors (Lipinski definition) is 1. The number of methoxy groups -OCH3 is 1. The lowest BCUT2D eigenvalue weighted by atomic mass is 9.96. The molecule has 1 aliphatic rings. The predicted molar refractivity (Wildman–Crippen MR) is 86.1 cm³/mol. The number of carboxylic acids is 1. The van der Waals surface area contributed by atoms with Crippen molar-refractivity contribution in [2.24, 2.45) is 5.92 Å². The first-order chi connectivity index (χ1) is 10.7. The van der Waals surface area contributed by atoms with Gasteiger partial charge in [0.1, 0.15) is 5.75 Å². The highest BCUT2D eigenvalue weighted by Crippen LogP contribution is 2.26. The molecule has 2 aromatic carbocycles. The standard InChI is InChI=1S/C18H21NO3/c1-22-16-5-6-17-14(11-16)3-2-4-15(17)12-19-9-7-13(8-10-19)18(20)21/h2-6,11,13H,7-10,12H2,1H3,(H,20,21). The van der Waals surface area contributed by atoms with E-state index in [4.69, 9.17) is 9.84 Å². The molecule has 0 spiro atoms. The summed E-state index contributed by atoms with van der Waals surface area (Å²) < 4.78 is 5.28. The fourth-order valence-corrected chi connectivity index (χ4v) is 3.17. The van der Waals surface area contributed by atoms with Crippen LogP contribution in [0.1, 0.15) is 18.4 Å². The molecule has 116 valence electrons. The van der Waals surface area contributed by atoms with E-state index in [1.807, 2.05) is 6.07 Å². The number of ether oxygens (including phenoxy) is 1. The number of rotatable bonds is 4. The molecule has 1 aliphatic heterocycles. The Morgan fingerprint density at radius 2 is 2.05 bits per heavy atom. The molecule has 4 nitrogen and oxygen atoms in total. The number of aliphatic carboxylic acids is 1. The first-order valence-corrected chi connectivity index (χ1v) is 7.68. The van der Waals surface area contributed by atoms with Crippen molar-refractivity contribution in [2.45, 2.75) is 19.4 Å². The van der Waals surface area contributed by atoms with E-state index in [1.54, 1.807) is 7.11 Å². The minimum absolute atomic E-state index is 0.173. The molecule has 22 heavy (non-hydrogen) atoms. The molecule has 1 saturated heterocycles. The Hall–Kier alpha value is -2.07. The van der Waals surface area contributed by atoms with Crippen molar-refractivity contribution >= 4 is 16.7 Å². The van der Waals surface area contributed by atoms with E-state index in [1.165, 1.54) is 16.3 Å². The summed E-state index contributed by atoms with van der Waals surface area (Å²) in [6.07, 6.45) is 1.49. The average Bonchev–Trinajstić information content (AvgIpc) is 2.55. The number of piperidine rings is 1. The van der Waals surface area contributed by atoms with Gasteiger partial charge in [-0.2, -0.15) is 0 Å². The highest BCUT2D eigenvalue weighted by Gasteiger charge is 2.24. The quantitative estimate of drug-likeness (QED) is 0.942. The Labute approximate surface area is 130 Å². The monoisotopic (exact) mass is 299 g/mol. The number of nitrogens with zero attached hydrogens (tertiary/aromatic N) is 1. The first kappa shape index (κ1) is 14.9. The Morgan fingerprint density at radius 3 is 2.73 bits per heavy atom. The van der Waals surface area contributed by atoms with Gasteiger partial charge in [0.25, 0.3) is 0 Å². The molecule has 0 atom stereocenters. The summed E-state index contributed by atoms with van der Waals surface area (Å²) in [5, 5.41) is 11.5. The molecule has 0 amide bonds. The molecule has 0 saturated carbocycles. The summed E-state index contributed by atoms with van der Waals surface area (Å²) in [5.41, 5.74) is 1.29. The summed E-state index contributed by atoms with van der Waals surface area (Å²) >= 11 is 0. The second kappa shape index (κ2) is 6.36. The SMILES string of the molecule is COc1ccc2c(CN3CCC(C(=O)O)CC3)cccc2c1. The summed E-state index contributed by atoms with van der Waals surface area (Å²) in [6.45, 7) is 2.57. The van der Waals surface area contributed by atoms with Gasteiger partial charge in [0, 0.05) is 6.54 Å². The van der Waals surface area contributed by atoms with Gasteiger partial charge >= 0.3 is 5.97 Å². The maximum absolute atomic E-state index is 11.0. The van der Waals surface area contributed by atoms with Crippen LogP contribution in [0.5, 0.6) is 5.75 Å². The van der Waals surface area contributed by atoms with Crippen molar-refractivity contribution in [3.05, 3.63) is 42.0 Å². The minimum atomic E-state index is -0.656. The van der Waals surface area contributed by atoms with Crippen LogP contribution >= 0.6 is 0 Å². The van der Waals surface area contributed by atoms with Crippen molar-refractivity contribution in [1.29, 1.82) is 0 Å². The zero-order valence-electron chi connectivity index (χ0n) is 12.8. The molecule has 1 heterocycles. The van der Waals surface area contributed by atoms with Gasteiger partial charge in [0.2, 0.25) is 0 Å². The lowest BCUT2D eigenvalue weighted by Crippen LogP contribution is -2.35. The number of fused-ring (bicyclic) bond motifs is 1. The van der Waals surface area contributed by atoms with E-state index < -0.39 is 5.97 Å². The maximum atomic E-state index is 11.0. The second-order valence-corrected chi connectivity index (χ2v) is 5.89. The van der Waals surface area contributed by atoms with E-state index in [0.717, 1.165) is 38.2 Å². The summed E-state index contributed by atoms with van der Waals surface area (Å²) in [6, 6.07) is 12.5. The molecule has 0 bridgehead atoms. The fraction of sp³-hybridized carbons (Fsp3) is 0.389. The van der Waals surface area contributed by atoms with Crippen molar-refractivity contribution < 1.29 is 14.6 Å². The predicted octanol–water partition coefficient (Wildman–Crippen LogP) is 3.15. The lowest BCUT2D eigenvalue weighted by Gasteiger charge is -2.30. The van der Waals surface area contributed by atoms with Crippen LogP contribution in [0.3, 0.4) is 0 Å². The highest BCUT2D eigenvalue weighted by atomic mass is 16.5. The van der Waals surface area contributed by atoms with Crippen molar-refractivity contribution in [2.75, 3.05) is 20.2 Å². The molecule has 2 aromatic rings. The zero-order chi connectivity index (χ0) is 15.5.